The van der Waals surface area contributed by atoms with Crippen molar-refractivity contribution in [1.29, 1.82) is 0 Å². The summed E-state index contributed by atoms with van der Waals surface area (Å²) < 4.78 is 14.9. The van der Waals surface area contributed by atoms with Gasteiger partial charge in [0.25, 0.3) is 0 Å². The largest absolute Gasteiger partial charge is 0.326 e. The van der Waals surface area contributed by atoms with E-state index in [1.54, 1.807) is 6.07 Å². The fraction of sp³-hybridized carbons (Fsp3) is 0.308. The number of halogens is 1. The number of hydrogen-bond acceptors (Lipinski definition) is 2. The third-order valence-electron chi connectivity index (χ3n) is 2.96. The van der Waals surface area contributed by atoms with E-state index in [0.29, 0.717) is 13.1 Å². The second kappa shape index (κ2) is 4.67. The van der Waals surface area contributed by atoms with Crippen LogP contribution in [-0.2, 0) is 13.1 Å². The average Bonchev–Trinajstić information content (AvgIpc) is 2.54. The standard InChI is InChI=1S/C13H16FN3/c1-9-13(7-15)10(2)17(16-9)8-11-4-3-5-12(14)6-11/h3-6H,7-8,15H2,1-2H3. The van der Waals surface area contributed by atoms with Crippen LogP contribution in [0, 0.1) is 19.7 Å². The average molecular weight is 233 g/mol. The normalized spacial score (nSPS) is 10.8. The van der Waals surface area contributed by atoms with Gasteiger partial charge in [0.1, 0.15) is 5.82 Å². The van der Waals surface area contributed by atoms with Crippen LogP contribution in [0.25, 0.3) is 0 Å². The zero-order valence-corrected chi connectivity index (χ0v) is 10.1. The zero-order valence-electron chi connectivity index (χ0n) is 10.1. The van der Waals surface area contributed by atoms with Gasteiger partial charge in [-0.3, -0.25) is 4.68 Å². The first kappa shape index (κ1) is 11.8. The molecule has 2 N–H and O–H groups in total. The summed E-state index contributed by atoms with van der Waals surface area (Å²) in [6.45, 7) is 4.99. The van der Waals surface area contributed by atoms with Crippen molar-refractivity contribution >= 4 is 0 Å². The van der Waals surface area contributed by atoms with Crippen LogP contribution in [0.1, 0.15) is 22.5 Å². The lowest BCUT2D eigenvalue weighted by Gasteiger charge is -2.05. The molecule has 0 unspecified atom stereocenters. The Balaban J connectivity index is 2.30. The smallest absolute Gasteiger partial charge is 0.123 e. The Morgan fingerprint density at radius 1 is 1.35 bits per heavy atom. The van der Waals surface area contributed by atoms with Gasteiger partial charge in [0.2, 0.25) is 0 Å². The van der Waals surface area contributed by atoms with Gasteiger partial charge in [0, 0.05) is 17.8 Å². The van der Waals surface area contributed by atoms with E-state index in [1.165, 1.54) is 12.1 Å². The molecule has 2 aromatic rings. The summed E-state index contributed by atoms with van der Waals surface area (Å²) in [5, 5.41) is 4.42. The highest BCUT2D eigenvalue weighted by molar-refractivity contribution is 5.25. The first-order chi connectivity index (χ1) is 8.11. The van der Waals surface area contributed by atoms with Gasteiger partial charge in [-0.1, -0.05) is 12.1 Å². The van der Waals surface area contributed by atoms with E-state index in [0.717, 1.165) is 22.5 Å². The minimum atomic E-state index is -0.219. The number of nitrogens with two attached hydrogens (primary N) is 1. The maximum atomic E-state index is 13.1. The predicted molar refractivity (Wildman–Crippen MR) is 65.1 cm³/mol. The third kappa shape index (κ3) is 2.36. The molecule has 0 spiro atoms. The van der Waals surface area contributed by atoms with Crippen LogP contribution >= 0.6 is 0 Å². The van der Waals surface area contributed by atoms with Crippen molar-refractivity contribution in [3.05, 3.63) is 52.6 Å². The van der Waals surface area contributed by atoms with Crippen molar-refractivity contribution in [3.8, 4) is 0 Å². The van der Waals surface area contributed by atoms with Crippen LogP contribution in [-0.4, -0.2) is 9.78 Å². The molecule has 0 amide bonds. The molecule has 1 aromatic heterocycles. The number of aryl methyl sites for hydroxylation is 1. The lowest BCUT2D eigenvalue weighted by Crippen LogP contribution is -2.05. The van der Waals surface area contributed by atoms with Gasteiger partial charge in [-0.15, -0.1) is 0 Å². The molecule has 4 heteroatoms. The maximum Gasteiger partial charge on any atom is 0.123 e. The second-order valence-corrected chi connectivity index (χ2v) is 4.14. The van der Waals surface area contributed by atoms with E-state index < -0.39 is 0 Å². The Bertz CT molecular complexity index is 531. The van der Waals surface area contributed by atoms with Crippen LogP contribution in [0.15, 0.2) is 24.3 Å². The first-order valence-electron chi connectivity index (χ1n) is 5.59. The molecule has 0 atom stereocenters. The molecule has 1 heterocycles. The van der Waals surface area contributed by atoms with Gasteiger partial charge < -0.3 is 5.73 Å². The van der Waals surface area contributed by atoms with Crippen molar-refractivity contribution in [2.45, 2.75) is 26.9 Å². The van der Waals surface area contributed by atoms with Crippen molar-refractivity contribution in [2.75, 3.05) is 0 Å². The number of nitrogens with zero attached hydrogens (tertiary/aromatic N) is 2. The highest BCUT2D eigenvalue weighted by atomic mass is 19.1. The molecule has 0 aliphatic carbocycles. The highest BCUT2D eigenvalue weighted by Crippen LogP contribution is 2.14. The Labute approximate surface area is 100 Å². The summed E-state index contributed by atoms with van der Waals surface area (Å²) in [4.78, 5) is 0. The molecule has 1 aromatic carbocycles. The van der Waals surface area contributed by atoms with Crippen molar-refractivity contribution < 1.29 is 4.39 Å². The zero-order chi connectivity index (χ0) is 12.4. The minimum Gasteiger partial charge on any atom is -0.326 e. The Hall–Kier alpha value is -1.68. The topological polar surface area (TPSA) is 43.8 Å². The summed E-state index contributed by atoms with van der Waals surface area (Å²) >= 11 is 0. The third-order valence-corrected chi connectivity index (χ3v) is 2.96. The molecular weight excluding hydrogens is 217 g/mol. The van der Waals surface area contributed by atoms with Crippen molar-refractivity contribution in [3.63, 3.8) is 0 Å². The van der Waals surface area contributed by atoms with E-state index in [-0.39, 0.29) is 5.82 Å². The quantitative estimate of drug-likeness (QED) is 0.882. The van der Waals surface area contributed by atoms with Crippen LogP contribution < -0.4 is 5.73 Å². The highest BCUT2D eigenvalue weighted by Gasteiger charge is 2.10. The molecule has 0 saturated heterocycles. The number of rotatable bonds is 3. The van der Waals surface area contributed by atoms with E-state index in [9.17, 15) is 4.39 Å². The van der Waals surface area contributed by atoms with E-state index >= 15 is 0 Å². The first-order valence-corrected chi connectivity index (χ1v) is 5.59. The van der Waals surface area contributed by atoms with Gasteiger partial charge in [0.15, 0.2) is 0 Å². The predicted octanol–water partition coefficient (Wildman–Crippen LogP) is 2.15. The van der Waals surface area contributed by atoms with Gasteiger partial charge >= 0.3 is 0 Å². The van der Waals surface area contributed by atoms with E-state index in [2.05, 4.69) is 5.10 Å². The molecule has 2 rings (SSSR count). The summed E-state index contributed by atoms with van der Waals surface area (Å²) in [6, 6.07) is 6.57. The molecule has 0 fully saturated rings. The number of hydrogen-bond donors (Lipinski definition) is 1. The molecule has 90 valence electrons. The molecule has 0 bridgehead atoms. The SMILES string of the molecule is Cc1nn(Cc2cccc(F)c2)c(C)c1CN. The van der Waals surface area contributed by atoms with Crippen LogP contribution in [0.5, 0.6) is 0 Å². The summed E-state index contributed by atoms with van der Waals surface area (Å²) in [5.41, 5.74) is 9.64. The van der Waals surface area contributed by atoms with Crippen LogP contribution in [0.2, 0.25) is 0 Å². The molecule has 0 aliphatic heterocycles. The molecule has 17 heavy (non-hydrogen) atoms. The molecule has 0 saturated carbocycles. The molecule has 0 radical (unpaired) electrons. The van der Waals surface area contributed by atoms with Crippen molar-refractivity contribution in [2.24, 2.45) is 5.73 Å². The molecule has 3 nitrogen and oxygen atoms in total. The van der Waals surface area contributed by atoms with E-state index in [4.69, 9.17) is 5.73 Å². The molecular formula is C13H16FN3. The Morgan fingerprint density at radius 3 is 2.71 bits per heavy atom. The van der Waals surface area contributed by atoms with Gasteiger partial charge in [-0.05, 0) is 31.5 Å². The molecule has 0 aliphatic rings. The number of aromatic nitrogens is 2. The Morgan fingerprint density at radius 2 is 2.12 bits per heavy atom. The summed E-state index contributed by atoms with van der Waals surface area (Å²) in [5.74, 6) is -0.219. The van der Waals surface area contributed by atoms with Gasteiger partial charge in [0.05, 0.1) is 12.2 Å². The monoisotopic (exact) mass is 233 g/mol. The maximum absolute atomic E-state index is 13.1. The Kier molecular flexibility index (Phi) is 3.24. The fourth-order valence-electron chi connectivity index (χ4n) is 1.99. The fourth-order valence-corrected chi connectivity index (χ4v) is 1.99. The van der Waals surface area contributed by atoms with Crippen LogP contribution in [0.3, 0.4) is 0 Å². The second-order valence-electron chi connectivity index (χ2n) is 4.14. The van der Waals surface area contributed by atoms with Crippen molar-refractivity contribution in [1.82, 2.24) is 9.78 Å². The number of benzene rings is 1. The van der Waals surface area contributed by atoms with Gasteiger partial charge in [-0.25, -0.2) is 4.39 Å². The van der Waals surface area contributed by atoms with E-state index in [1.807, 2.05) is 24.6 Å². The summed E-state index contributed by atoms with van der Waals surface area (Å²) in [6.07, 6.45) is 0. The lowest BCUT2D eigenvalue weighted by molar-refractivity contribution is 0.615. The van der Waals surface area contributed by atoms with Crippen LogP contribution in [0.4, 0.5) is 4.39 Å². The minimum absolute atomic E-state index is 0.219. The summed E-state index contributed by atoms with van der Waals surface area (Å²) in [7, 11) is 0. The lowest BCUT2D eigenvalue weighted by atomic mass is 10.2. The van der Waals surface area contributed by atoms with Gasteiger partial charge in [-0.2, -0.15) is 5.10 Å².